The molecule has 2 heterocycles. The number of carbonyl (C=O) groups excluding carboxylic acids is 3. The van der Waals surface area contributed by atoms with E-state index in [-0.39, 0.29) is 5.69 Å². The summed E-state index contributed by atoms with van der Waals surface area (Å²) in [6, 6.07) is 3.57. The van der Waals surface area contributed by atoms with Crippen molar-refractivity contribution in [2.75, 3.05) is 25.0 Å². The summed E-state index contributed by atoms with van der Waals surface area (Å²) in [6.07, 6.45) is 0.483. The van der Waals surface area contributed by atoms with E-state index in [1.54, 1.807) is 6.07 Å². The van der Waals surface area contributed by atoms with Crippen LogP contribution in [-0.4, -0.2) is 47.9 Å². The Morgan fingerprint density at radius 2 is 2.22 bits per heavy atom. The molecule has 4 amide bonds. The van der Waals surface area contributed by atoms with Crippen molar-refractivity contribution >= 4 is 39.5 Å². The maximum atomic E-state index is 13.7. The summed E-state index contributed by atoms with van der Waals surface area (Å²) in [5.74, 6) is -1.68. The van der Waals surface area contributed by atoms with Crippen LogP contribution in [0, 0.1) is 5.82 Å². The highest BCUT2D eigenvalue weighted by atomic mass is 79.9. The van der Waals surface area contributed by atoms with Gasteiger partial charge in [0.2, 0.25) is 5.91 Å². The van der Waals surface area contributed by atoms with E-state index in [0.29, 0.717) is 24.0 Å². The standard InChI is InChI=1S/C14H14BrFN4O3/c15-8-1-2-10(9(16)5-8)18-11(21)6-20-12(22)14(19-13(20)23)3-4-17-7-14/h1-2,5,17H,3-4,6-7H2,(H,18,21)(H,19,23). The number of urea groups is 1. The van der Waals surface area contributed by atoms with Gasteiger partial charge in [-0.1, -0.05) is 15.9 Å². The molecule has 1 aromatic rings. The third kappa shape index (κ3) is 2.93. The van der Waals surface area contributed by atoms with E-state index in [9.17, 15) is 18.8 Å². The SMILES string of the molecule is O=C(CN1C(=O)NC2(CCNC2)C1=O)Nc1ccc(Br)cc1F. The fourth-order valence-corrected chi connectivity index (χ4v) is 3.06. The smallest absolute Gasteiger partial charge is 0.322 e. The molecule has 2 aliphatic heterocycles. The van der Waals surface area contributed by atoms with Crippen molar-refractivity contribution in [3.8, 4) is 0 Å². The first-order valence-electron chi connectivity index (χ1n) is 7.01. The lowest BCUT2D eigenvalue weighted by Crippen LogP contribution is -2.49. The maximum Gasteiger partial charge on any atom is 0.325 e. The Labute approximate surface area is 139 Å². The number of nitrogens with zero attached hydrogens (tertiary/aromatic N) is 1. The Bertz CT molecular complexity index is 691. The second-order valence-electron chi connectivity index (χ2n) is 5.50. The highest BCUT2D eigenvalue weighted by Crippen LogP contribution is 2.24. The molecule has 1 aromatic carbocycles. The van der Waals surface area contributed by atoms with Gasteiger partial charge in [-0.05, 0) is 31.2 Å². The van der Waals surface area contributed by atoms with Gasteiger partial charge in [-0.3, -0.25) is 14.5 Å². The second-order valence-corrected chi connectivity index (χ2v) is 6.42. The number of amides is 4. The molecule has 2 aliphatic rings. The Kier molecular flexibility index (Phi) is 4.07. The van der Waals surface area contributed by atoms with Gasteiger partial charge in [-0.15, -0.1) is 0 Å². The summed E-state index contributed by atoms with van der Waals surface area (Å²) in [5, 5.41) is 8.01. The molecular formula is C14H14BrFN4O3. The van der Waals surface area contributed by atoms with Crippen LogP contribution in [0.1, 0.15) is 6.42 Å². The number of rotatable bonds is 3. The van der Waals surface area contributed by atoms with Crippen molar-refractivity contribution < 1.29 is 18.8 Å². The van der Waals surface area contributed by atoms with Crippen molar-refractivity contribution in [3.05, 3.63) is 28.5 Å². The topological polar surface area (TPSA) is 90.5 Å². The van der Waals surface area contributed by atoms with Crippen LogP contribution in [0.5, 0.6) is 0 Å². The summed E-state index contributed by atoms with van der Waals surface area (Å²) in [4.78, 5) is 37.2. The van der Waals surface area contributed by atoms with Crippen LogP contribution in [0.4, 0.5) is 14.9 Å². The number of carbonyl (C=O) groups is 3. The largest absolute Gasteiger partial charge is 0.325 e. The van der Waals surface area contributed by atoms with Crippen molar-refractivity contribution in [1.82, 2.24) is 15.5 Å². The third-order valence-corrected chi connectivity index (χ3v) is 4.40. The minimum absolute atomic E-state index is 0.0116. The van der Waals surface area contributed by atoms with Gasteiger partial charge in [0, 0.05) is 11.0 Å². The zero-order valence-electron chi connectivity index (χ0n) is 12.0. The summed E-state index contributed by atoms with van der Waals surface area (Å²) in [5.41, 5.74) is -0.970. The third-order valence-electron chi connectivity index (χ3n) is 3.91. The van der Waals surface area contributed by atoms with E-state index >= 15 is 0 Å². The van der Waals surface area contributed by atoms with Crippen molar-refractivity contribution in [3.63, 3.8) is 0 Å². The van der Waals surface area contributed by atoms with E-state index in [0.717, 1.165) is 4.90 Å². The van der Waals surface area contributed by atoms with E-state index in [1.807, 2.05) is 0 Å². The number of halogens is 2. The maximum absolute atomic E-state index is 13.7. The molecule has 0 radical (unpaired) electrons. The minimum Gasteiger partial charge on any atom is -0.322 e. The number of nitrogens with one attached hydrogen (secondary N) is 3. The Hall–Kier alpha value is -2.00. The second kappa shape index (κ2) is 5.89. The van der Waals surface area contributed by atoms with Gasteiger partial charge in [0.1, 0.15) is 17.9 Å². The molecule has 3 rings (SSSR count). The molecule has 2 saturated heterocycles. The summed E-state index contributed by atoms with van der Waals surface area (Å²) < 4.78 is 14.2. The first-order valence-corrected chi connectivity index (χ1v) is 7.80. The van der Waals surface area contributed by atoms with Gasteiger partial charge in [0.25, 0.3) is 5.91 Å². The van der Waals surface area contributed by atoms with E-state index in [4.69, 9.17) is 0 Å². The molecule has 7 nitrogen and oxygen atoms in total. The first-order chi connectivity index (χ1) is 10.9. The van der Waals surface area contributed by atoms with Gasteiger partial charge < -0.3 is 16.0 Å². The van der Waals surface area contributed by atoms with Crippen LogP contribution in [0.2, 0.25) is 0 Å². The molecule has 9 heteroatoms. The van der Waals surface area contributed by atoms with Gasteiger partial charge in [0.05, 0.1) is 5.69 Å². The zero-order chi connectivity index (χ0) is 16.6. The van der Waals surface area contributed by atoms with E-state index < -0.39 is 35.7 Å². The summed E-state index contributed by atoms with van der Waals surface area (Å²) in [7, 11) is 0. The number of imide groups is 1. The molecule has 0 aliphatic carbocycles. The normalized spacial score (nSPS) is 23.5. The molecule has 23 heavy (non-hydrogen) atoms. The number of hydrogen-bond acceptors (Lipinski definition) is 4. The summed E-state index contributed by atoms with van der Waals surface area (Å²) in [6.45, 7) is 0.509. The average Bonchev–Trinajstić information content (AvgIpc) is 3.04. The molecule has 1 unspecified atom stereocenters. The predicted molar refractivity (Wildman–Crippen MR) is 83.2 cm³/mol. The van der Waals surface area contributed by atoms with Crippen molar-refractivity contribution in [2.45, 2.75) is 12.0 Å². The fourth-order valence-electron chi connectivity index (χ4n) is 2.73. The van der Waals surface area contributed by atoms with Gasteiger partial charge in [-0.2, -0.15) is 0 Å². The highest BCUT2D eigenvalue weighted by molar-refractivity contribution is 9.10. The number of hydrogen-bond donors (Lipinski definition) is 3. The van der Waals surface area contributed by atoms with Crippen LogP contribution in [0.25, 0.3) is 0 Å². The van der Waals surface area contributed by atoms with Crippen LogP contribution in [-0.2, 0) is 9.59 Å². The molecule has 122 valence electrons. The Morgan fingerprint density at radius 3 is 2.87 bits per heavy atom. The van der Waals surface area contributed by atoms with Crippen molar-refractivity contribution in [2.24, 2.45) is 0 Å². The van der Waals surface area contributed by atoms with Crippen LogP contribution >= 0.6 is 15.9 Å². The Morgan fingerprint density at radius 1 is 1.43 bits per heavy atom. The lowest BCUT2D eigenvalue weighted by Gasteiger charge is -2.19. The van der Waals surface area contributed by atoms with Crippen LogP contribution in [0.3, 0.4) is 0 Å². The molecule has 2 fully saturated rings. The zero-order valence-corrected chi connectivity index (χ0v) is 13.6. The van der Waals surface area contributed by atoms with E-state index in [1.165, 1.54) is 12.1 Å². The first kappa shape index (κ1) is 15.9. The van der Waals surface area contributed by atoms with Gasteiger partial charge in [-0.25, -0.2) is 9.18 Å². The minimum atomic E-state index is -0.958. The molecular weight excluding hydrogens is 371 g/mol. The molecule has 3 N–H and O–H groups in total. The average molecular weight is 385 g/mol. The van der Waals surface area contributed by atoms with Crippen LogP contribution < -0.4 is 16.0 Å². The summed E-state index contributed by atoms with van der Waals surface area (Å²) >= 11 is 3.12. The quantitative estimate of drug-likeness (QED) is 0.672. The number of anilines is 1. The Balaban J connectivity index is 1.68. The van der Waals surface area contributed by atoms with Crippen molar-refractivity contribution in [1.29, 1.82) is 0 Å². The lowest BCUT2D eigenvalue weighted by molar-refractivity contribution is -0.133. The monoisotopic (exact) mass is 384 g/mol. The molecule has 0 aromatic heterocycles. The molecule has 0 saturated carbocycles. The highest BCUT2D eigenvalue weighted by Gasteiger charge is 2.52. The van der Waals surface area contributed by atoms with E-state index in [2.05, 4.69) is 31.9 Å². The fraction of sp³-hybridized carbons (Fsp3) is 0.357. The molecule has 1 spiro atoms. The lowest BCUT2D eigenvalue weighted by atomic mass is 9.99. The van der Waals surface area contributed by atoms with Gasteiger partial charge >= 0.3 is 6.03 Å². The van der Waals surface area contributed by atoms with Crippen LogP contribution in [0.15, 0.2) is 22.7 Å². The predicted octanol–water partition coefficient (Wildman–Crippen LogP) is 0.811. The molecule has 1 atom stereocenters. The molecule has 0 bridgehead atoms. The number of benzene rings is 1. The van der Waals surface area contributed by atoms with Gasteiger partial charge in [0.15, 0.2) is 0 Å².